The molecule has 1 unspecified atom stereocenters. The van der Waals surface area contributed by atoms with Crippen molar-refractivity contribution >= 4 is 0 Å². The first-order chi connectivity index (χ1) is 11.8. The van der Waals surface area contributed by atoms with E-state index in [1.807, 2.05) is 0 Å². The molecular weight excluding hydrogens is 339 g/mol. The summed E-state index contributed by atoms with van der Waals surface area (Å²) in [4.78, 5) is 0. The zero-order valence-electron chi connectivity index (χ0n) is 14.3. The molecule has 2 aliphatic rings. The van der Waals surface area contributed by atoms with Gasteiger partial charge in [-0.05, 0) is 67.1 Å². The van der Waals surface area contributed by atoms with Crippen molar-refractivity contribution in [3.63, 3.8) is 0 Å². The zero-order valence-corrected chi connectivity index (χ0v) is 14.3. The molecule has 0 bridgehead atoms. The van der Waals surface area contributed by atoms with Crippen LogP contribution in [-0.2, 0) is 12.8 Å². The molecule has 1 fully saturated rings. The van der Waals surface area contributed by atoms with Gasteiger partial charge in [-0.1, -0.05) is 26.2 Å². The normalized spacial score (nSPS) is 27.0. The van der Waals surface area contributed by atoms with E-state index in [0.29, 0.717) is 30.2 Å². The number of hydrogen-bond acceptors (Lipinski definition) is 1. The predicted octanol–water partition coefficient (Wildman–Crippen LogP) is 6.18. The molecule has 140 valence electrons. The van der Waals surface area contributed by atoms with E-state index in [-0.39, 0.29) is 5.56 Å². The third kappa shape index (κ3) is 4.09. The molecule has 3 rings (SSSR count). The molecule has 0 amide bonds. The van der Waals surface area contributed by atoms with E-state index in [1.165, 1.54) is 19.3 Å². The molecule has 1 nitrogen and oxygen atoms in total. The number of rotatable bonds is 3. The van der Waals surface area contributed by atoms with Gasteiger partial charge in [0, 0.05) is 0 Å². The maximum Gasteiger partial charge on any atom is 0.573 e. The molecule has 0 radical (unpaired) electrons. The highest BCUT2D eigenvalue weighted by Crippen LogP contribution is 2.42. The molecule has 0 N–H and O–H groups in total. The first kappa shape index (κ1) is 18.5. The molecule has 0 spiro atoms. The third-order valence-electron chi connectivity index (χ3n) is 5.97. The van der Waals surface area contributed by atoms with Gasteiger partial charge in [0.2, 0.25) is 5.75 Å². The van der Waals surface area contributed by atoms with Crippen molar-refractivity contribution in [3.8, 4) is 5.75 Å². The molecule has 1 saturated carbocycles. The highest BCUT2D eigenvalue weighted by atomic mass is 19.4. The fraction of sp³-hybridized carbons (Fsp3) is 0.684. The van der Waals surface area contributed by atoms with Gasteiger partial charge in [0.25, 0.3) is 0 Å². The summed E-state index contributed by atoms with van der Waals surface area (Å²) < 4.78 is 68.9. The van der Waals surface area contributed by atoms with Crippen molar-refractivity contribution in [1.29, 1.82) is 0 Å². The van der Waals surface area contributed by atoms with Crippen molar-refractivity contribution in [2.75, 3.05) is 0 Å². The molecule has 1 atom stereocenters. The van der Waals surface area contributed by atoms with E-state index >= 15 is 0 Å². The first-order valence-corrected chi connectivity index (χ1v) is 9.04. The fourth-order valence-electron chi connectivity index (χ4n) is 4.53. The lowest BCUT2D eigenvalue weighted by Crippen LogP contribution is -2.27. The van der Waals surface area contributed by atoms with Gasteiger partial charge in [-0.3, -0.25) is 0 Å². The summed E-state index contributed by atoms with van der Waals surface area (Å²) in [5, 5.41) is 0. The van der Waals surface area contributed by atoms with Gasteiger partial charge in [-0.2, -0.15) is 0 Å². The molecule has 25 heavy (non-hydrogen) atoms. The average Bonchev–Trinajstić information content (AvgIpc) is 2.57. The minimum absolute atomic E-state index is 0.180. The smallest absolute Gasteiger partial charge is 0.399 e. The van der Waals surface area contributed by atoms with Gasteiger partial charge >= 0.3 is 6.36 Å². The van der Waals surface area contributed by atoms with Gasteiger partial charge in [0.15, 0.2) is 11.6 Å². The summed E-state index contributed by atoms with van der Waals surface area (Å²) in [6.45, 7) is 2.20. The fourth-order valence-corrected chi connectivity index (χ4v) is 4.53. The summed E-state index contributed by atoms with van der Waals surface area (Å²) in [5.74, 6) is -2.10. The Balaban J connectivity index is 1.76. The van der Waals surface area contributed by atoms with Crippen LogP contribution in [-0.4, -0.2) is 6.36 Å². The molecule has 0 aromatic heterocycles. The number of hydrogen-bond donors (Lipinski definition) is 0. The van der Waals surface area contributed by atoms with Gasteiger partial charge in [-0.15, -0.1) is 13.2 Å². The van der Waals surface area contributed by atoms with Gasteiger partial charge in [0.05, 0.1) is 0 Å². The molecule has 2 aliphatic carbocycles. The van der Waals surface area contributed by atoms with E-state index in [4.69, 9.17) is 0 Å². The van der Waals surface area contributed by atoms with Crippen LogP contribution in [0.2, 0.25) is 0 Å². The van der Waals surface area contributed by atoms with E-state index in [9.17, 15) is 22.0 Å². The van der Waals surface area contributed by atoms with E-state index in [1.54, 1.807) is 0 Å². The zero-order chi connectivity index (χ0) is 18.2. The van der Waals surface area contributed by atoms with Crippen LogP contribution in [0.5, 0.6) is 5.75 Å². The highest BCUT2D eigenvalue weighted by Gasteiger charge is 2.37. The average molecular weight is 362 g/mol. The van der Waals surface area contributed by atoms with Gasteiger partial charge < -0.3 is 4.74 Å². The van der Waals surface area contributed by atoms with Crippen LogP contribution < -0.4 is 4.74 Å². The molecular formula is C19H23F5O. The highest BCUT2D eigenvalue weighted by molar-refractivity contribution is 5.41. The summed E-state index contributed by atoms with van der Waals surface area (Å²) in [6, 6.07) is 1.03. The Labute approximate surface area is 144 Å². The Hall–Kier alpha value is -1.33. The Morgan fingerprint density at radius 3 is 2.32 bits per heavy atom. The second-order valence-electron chi connectivity index (χ2n) is 7.38. The van der Waals surface area contributed by atoms with E-state index in [0.717, 1.165) is 31.2 Å². The summed E-state index contributed by atoms with van der Waals surface area (Å²) >= 11 is 0. The lowest BCUT2D eigenvalue weighted by atomic mass is 9.69. The standard InChI is InChI=1S/C19H23F5O/c1-2-11-3-5-12(6-4-11)13-7-8-15-14(9-13)10-16(20)18(17(15)21)25-19(22,23)24/h10-13H,2-9H2,1H3. The van der Waals surface area contributed by atoms with Crippen molar-refractivity contribution in [3.05, 3.63) is 28.8 Å². The quantitative estimate of drug-likeness (QED) is 0.583. The van der Waals surface area contributed by atoms with Gasteiger partial charge in [-0.25, -0.2) is 8.78 Å². The van der Waals surface area contributed by atoms with Crippen molar-refractivity contribution in [1.82, 2.24) is 0 Å². The Kier molecular flexibility index (Phi) is 5.26. The maximum absolute atomic E-state index is 14.3. The van der Waals surface area contributed by atoms with Crippen LogP contribution in [0.15, 0.2) is 6.07 Å². The Bertz CT molecular complexity index is 617. The topological polar surface area (TPSA) is 9.23 Å². The monoisotopic (exact) mass is 362 g/mol. The SMILES string of the molecule is CCC1CCC(C2CCc3c(cc(F)c(OC(F)(F)F)c3F)C2)CC1. The Morgan fingerprint density at radius 1 is 1.04 bits per heavy atom. The molecule has 1 aromatic rings. The molecule has 0 aliphatic heterocycles. The summed E-state index contributed by atoms with van der Waals surface area (Å²) in [7, 11) is 0. The number of fused-ring (bicyclic) bond motifs is 1. The van der Waals surface area contributed by atoms with Crippen LogP contribution in [0.25, 0.3) is 0 Å². The Morgan fingerprint density at radius 2 is 1.72 bits per heavy atom. The van der Waals surface area contributed by atoms with Crippen LogP contribution >= 0.6 is 0 Å². The van der Waals surface area contributed by atoms with Gasteiger partial charge in [0.1, 0.15) is 0 Å². The lowest BCUT2D eigenvalue weighted by molar-refractivity contribution is -0.276. The van der Waals surface area contributed by atoms with E-state index in [2.05, 4.69) is 11.7 Å². The largest absolute Gasteiger partial charge is 0.573 e. The molecule has 0 heterocycles. The molecule has 6 heteroatoms. The number of halogens is 5. The number of ether oxygens (including phenoxy) is 1. The number of benzene rings is 1. The van der Waals surface area contributed by atoms with Crippen LogP contribution in [0, 0.1) is 29.4 Å². The maximum atomic E-state index is 14.3. The minimum atomic E-state index is -5.11. The summed E-state index contributed by atoms with van der Waals surface area (Å²) in [6.07, 6.45) is 2.38. The first-order valence-electron chi connectivity index (χ1n) is 9.04. The lowest BCUT2D eigenvalue weighted by Gasteiger charge is -2.36. The number of alkyl halides is 3. The van der Waals surface area contributed by atoms with Crippen molar-refractivity contribution in [2.45, 2.75) is 64.7 Å². The molecule has 1 aromatic carbocycles. The van der Waals surface area contributed by atoms with Crippen LogP contribution in [0.1, 0.15) is 56.6 Å². The van der Waals surface area contributed by atoms with Crippen LogP contribution in [0.4, 0.5) is 22.0 Å². The van der Waals surface area contributed by atoms with Crippen molar-refractivity contribution < 1.29 is 26.7 Å². The second kappa shape index (κ2) is 7.12. The predicted molar refractivity (Wildman–Crippen MR) is 84.3 cm³/mol. The summed E-state index contributed by atoms with van der Waals surface area (Å²) in [5.41, 5.74) is 0.678. The van der Waals surface area contributed by atoms with E-state index < -0.39 is 23.7 Å². The van der Waals surface area contributed by atoms with Crippen LogP contribution in [0.3, 0.4) is 0 Å². The third-order valence-corrected chi connectivity index (χ3v) is 5.97. The second-order valence-corrected chi connectivity index (χ2v) is 7.38. The minimum Gasteiger partial charge on any atom is -0.399 e. The molecule has 0 saturated heterocycles. The van der Waals surface area contributed by atoms with Crippen molar-refractivity contribution in [2.24, 2.45) is 17.8 Å².